The van der Waals surface area contributed by atoms with E-state index in [1.54, 1.807) is 11.3 Å². The van der Waals surface area contributed by atoms with Crippen LogP contribution < -0.4 is 0 Å². The van der Waals surface area contributed by atoms with E-state index >= 15 is 0 Å². The number of H-pyrrole nitrogens is 1. The maximum absolute atomic E-state index is 5.48. The van der Waals surface area contributed by atoms with Crippen LogP contribution in [0.3, 0.4) is 0 Å². The summed E-state index contributed by atoms with van der Waals surface area (Å²) in [6.45, 7) is 4.34. The number of fused-ring (bicyclic) bond motifs is 1. The normalized spacial score (nSPS) is 12.9. The molecule has 0 aliphatic rings. The van der Waals surface area contributed by atoms with Gasteiger partial charge in [-0.15, -0.1) is 11.3 Å². The molecule has 0 fully saturated rings. The van der Waals surface area contributed by atoms with Gasteiger partial charge in [0.1, 0.15) is 0 Å². The highest BCUT2D eigenvalue weighted by Gasteiger charge is 2.12. The lowest BCUT2D eigenvalue weighted by atomic mass is 10.2. The van der Waals surface area contributed by atoms with Crippen molar-refractivity contribution in [3.63, 3.8) is 0 Å². The summed E-state index contributed by atoms with van der Waals surface area (Å²) in [4.78, 5) is 4.70. The van der Waals surface area contributed by atoms with Gasteiger partial charge in [-0.25, -0.2) is 0 Å². The molecule has 0 saturated carbocycles. The minimum atomic E-state index is 0.363. The summed E-state index contributed by atoms with van der Waals surface area (Å²) < 4.78 is 3.04. The van der Waals surface area contributed by atoms with Crippen molar-refractivity contribution in [3.8, 4) is 0 Å². The molecule has 2 nitrogen and oxygen atoms in total. The first kappa shape index (κ1) is 12.6. The largest absolute Gasteiger partial charge is 0.331 e. The number of aromatic amines is 1. The van der Waals surface area contributed by atoms with Crippen molar-refractivity contribution in [1.29, 1.82) is 0 Å². The standard InChI is InChI=1S/C15H16N2S2/c1-10-5-6-13-14(8-10)17(15(18)16-13)11(2)9-12-4-3-7-19-12/h3-8,11H,9H2,1-2H3,(H,16,18). The van der Waals surface area contributed by atoms with Crippen molar-refractivity contribution >= 4 is 34.6 Å². The molecule has 1 aromatic carbocycles. The van der Waals surface area contributed by atoms with Gasteiger partial charge in [-0.1, -0.05) is 12.1 Å². The van der Waals surface area contributed by atoms with Gasteiger partial charge in [0.15, 0.2) is 4.77 Å². The third-order valence-corrected chi connectivity index (χ3v) is 4.59. The first-order valence-corrected chi connectivity index (χ1v) is 7.67. The van der Waals surface area contributed by atoms with Gasteiger partial charge in [0.2, 0.25) is 0 Å². The number of hydrogen-bond acceptors (Lipinski definition) is 2. The fourth-order valence-electron chi connectivity index (χ4n) is 2.48. The lowest BCUT2D eigenvalue weighted by Gasteiger charge is -2.13. The fourth-order valence-corrected chi connectivity index (χ4v) is 3.70. The lowest BCUT2D eigenvalue weighted by molar-refractivity contribution is 0.557. The summed E-state index contributed by atoms with van der Waals surface area (Å²) in [6, 6.07) is 11.1. The molecule has 0 spiro atoms. The van der Waals surface area contributed by atoms with Crippen molar-refractivity contribution in [2.24, 2.45) is 0 Å². The number of aryl methyl sites for hydroxylation is 1. The predicted octanol–water partition coefficient (Wildman–Crippen LogP) is 4.87. The number of nitrogens with one attached hydrogen (secondary N) is 1. The number of nitrogens with zero attached hydrogens (tertiary/aromatic N) is 1. The van der Waals surface area contributed by atoms with Gasteiger partial charge in [0.05, 0.1) is 11.0 Å². The maximum Gasteiger partial charge on any atom is 0.178 e. The van der Waals surface area contributed by atoms with E-state index in [2.05, 4.69) is 59.1 Å². The molecule has 0 bridgehead atoms. The molecular formula is C15H16N2S2. The molecule has 0 radical (unpaired) electrons. The summed E-state index contributed by atoms with van der Waals surface area (Å²) >= 11 is 7.28. The van der Waals surface area contributed by atoms with Gasteiger partial charge >= 0.3 is 0 Å². The Morgan fingerprint density at radius 2 is 2.21 bits per heavy atom. The van der Waals surface area contributed by atoms with Crippen LogP contribution in [0.1, 0.15) is 23.4 Å². The van der Waals surface area contributed by atoms with Crippen LogP contribution in [0.25, 0.3) is 11.0 Å². The van der Waals surface area contributed by atoms with E-state index in [1.807, 2.05) is 0 Å². The van der Waals surface area contributed by atoms with E-state index < -0.39 is 0 Å². The smallest absolute Gasteiger partial charge is 0.178 e. The minimum Gasteiger partial charge on any atom is -0.331 e. The van der Waals surface area contributed by atoms with Crippen LogP contribution in [0.5, 0.6) is 0 Å². The molecule has 2 aromatic heterocycles. The Labute approximate surface area is 121 Å². The highest BCUT2D eigenvalue weighted by atomic mass is 32.1. The van der Waals surface area contributed by atoms with Crippen LogP contribution in [0.15, 0.2) is 35.7 Å². The minimum absolute atomic E-state index is 0.363. The molecule has 4 heteroatoms. The number of thiophene rings is 1. The summed E-state index contributed by atoms with van der Waals surface area (Å²) in [5, 5.41) is 2.13. The average Bonchev–Trinajstić information content (AvgIpc) is 2.95. The molecule has 0 aliphatic carbocycles. The van der Waals surface area contributed by atoms with Gasteiger partial charge in [-0.05, 0) is 55.2 Å². The molecule has 3 rings (SSSR count). The topological polar surface area (TPSA) is 20.7 Å². The van der Waals surface area contributed by atoms with E-state index in [9.17, 15) is 0 Å². The second-order valence-electron chi connectivity index (χ2n) is 4.95. The first-order chi connectivity index (χ1) is 9.15. The summed E-state index contributed by atoms with van der Waals surface area (Å²) in [5.41, 5.74) is 3.58. The Kier molecular flexibility index (Phi) is 3.29. The van der Waals surface area contributed by atoms with Gasteiger partial charge in [-0.2, -0.15) is 0 Å². The SMILES string of the molecule is Cc1ccc2[nH]c(=S)n(C(C)Cc3cccs3)c2c1. The zero-order chi connectivity index (χ0) is 13.4. The lowest BCUT2D eigenvalue weighted by Crippen LogP contribution is -2.07. The first-order valence-electron chi connectivity index (χ1n) is 6.38. The molecule has 98 valence electrons. The van der Waals surface area contributed by atoms with Crippen molar-refractivity contribution in [1.82, 2.24) is 9.55 Å². The van der Waals surface area contributed by atoms with E-state index in [-0.39, 0.29) is 0 Å². The molecule has 2 heterocycles. The number of hydrogen-bond donors (Lipinski definition) is 1. The van der Waals surface area contributed by atoms with E-state index in [1.165, 1.54) is 16.0 Å². The zero-order valence-electron chi connectivity index (χ0n) is 11.0. The van der Waals surface area contributed by atoms with Crippen LogP contribution in [0, 0.1) is 11.7 Å². The van der Waals surface area contributed by atoms with Crippen molar-refractivity contribution in [3.05, 3.63) is 50.9 Å². The Hall–Kier alpha value is -1.39. The van der Waals surface area contributed by atoms with Crippen LogP contribution in [0.2, 0.25) is 0 Å². The van der Waals surface area contributed by atoms with Gasteiger partial charge in [0.25, 0.3) is 0 Å². The van der Waals surface area contributed by atoms with Crippen LogP contribution in [-0.4, -0.2) is 9.55 Å². The fraction of sp³-hybridized carbons (Fsp3) is 0.267. The van der Waals surface area contributed by atoms with E-state index in [0.717, 1.165) is 16.7 Å². The van der Waals surface area contributed by atoms with Crippen molar-refractivity contribution < 1.29 is 0 Å². The summed E-state index contributed by atoms with van der Waals surface area (Å²) in [6.07, 6.45) is 1.02. The Balaban J connectivity index is 2.06. The Morgan fingerprint density at radius 3 is 2.95 bits per heavy atom. The molecule has 0 aliphatic heterocycles. The van der Waals surface area contributed by atoms with Gasteiger partial charge < -0.3 is 9.55 Å². The number of imidazole rings is 1. The Morgan fingerprint density at radius 1 is 1.37 bits per heavy atom. The molecule has 3 aromatic rings. The molecule has 1 atom stereocenters. The van der Waals surface area contributed by atoms with Crippen LogP contribution >= 0.6 is 23.6 Å². The second kappa shape index (κ2) is 4.94. The van der Waals surface area contributed by atoms with Crippen molar-refractivity contribution in [2.45, 2.75) is 26.3 Å². The third kappa shape index (κ3) is 2.38. The quantitative estimate of drug-likeness (QED) is 0.682. The van der Waals surface area contributed by atoms with E-state index in [0.29, 0.717) is 6.04 Å². The number of aromatic nitrogens is 2. The highest BCUT2D eigenvalue weighted by molar-refractivity contribution is 7.71. The molecular weight excluding hydrogens is 272 g/mol. The second-order valence-corrected chi connectivity index (χ2v) is 6.37. The number of rotatable bonds is 3. The molecule has 1 N–H and O–H groups in total. The third-order valence-electron chi connectivity index (χ3n) is 3.39. The molecule has 0 saturated heterocycles. The number of benzene rings is 1. The van der Waals surface area contributed by atoms with Crippen LogP contribution in [0.4, 0.5) is 0 Å². The Bertz CT molecular complexity index is 750. The monoisotopic (exact) mass is 288 g/mol. The zero-order valence-corrected chi connectivity index (χ0v) is 12.6. The average molecular weight is 288 g/mol. The molecule has 0 amide bonds. The highest BCUT2D eigenvalue weighted by Crippen LogP contribution is 2.24. The predicted molar refractivity (Wildman–Crippen MR) is 84.6 cm³/mol. The molecule has 1 unspecified atom stereocenters. The summed E-state index contributed by atoms with van der Waals surface area (Å²) in [7, 11) is 0. The van der Waals surface area contributed by atoms with Gasteiger partial charge in [0, 0.05) is 17.3 Å². The molecule has 19 heavy (non-hydrogen) atoms. The van der Waals surface area contributed by atoms with E-state index in [4.69, 9.17) is 12.2 Å². The van der Waals surface area contributed by atoms with Gasteiger partial charge in [-0.3, -0.25) is 0 Å². The maximum atomic E-state index is 5.48. The van der Waals surface area contributed by atoms with Crippen molar-refractivity contribution in [2.75, 3.05) is 0 Å². The summed E-state index contributed by atoms with van der Waals surface area (Å²) in [5.74, 6) is 0. The van der Waals surface area contributed by atoms with Crippen LogP contribution in [-0.2, 0) is 6.42 Å².